The van der Waals surface area contributed by atoms with Gasteiger partial charge in [0, 0.05) is 39.1 Å². The Balaban J connectivity index is 1.37. The molecule has 4 aromatic rings. The van der Waals surface area contributed by atoms with E-state index in [1.54, 1.807) is 10.9 Å². The minimum Gasteiger partial charge on any atom is -0.363 e. The van der Waals surface area contributed by atoms with Gasteiger partial charge in [-0.1, -0.05) is 30.3 Å². The predicted octanol–water partition coefficient (Wildman–Crippen LogP) is 1.53. The lowest BCUT2D eigenvalue weighted by Crippen LogP contribution is -2.37. The molecule has 0 radical (unpaired) electrons. The third kappa shape index (κ3) is 5.99. The van der Waals surface area contributed by atoms with Crippen molar-refractivity contribution >= 4 is 18.0 Å². The molecular formula is C24H29N9O2. The third-order valence-corrected chi connectivity index (χ3v) is 5.58. The summed E-state index contributed by atoms with van der Waals surface area (Å²) in [6.07, 6.45) is 6.29. The number of benzene rings is 1. The fraction of sp³-hybridized carbons (Fsp3) is 0.333. The highest BCUT2D eigenvalue weighted by Gasteiger charge is 2.18. The maximum Gasteiger partial charge on any atom is 0.291 e. The SMILES string of the molecule is Cc1nccn1Cc1cc(N(C)C)n(CCC(C=O)NC(=O)c2ncn(Cc3ccccc3)n2)n1. The Morgan fingerprint density at radius 2 is 1.94 bits per heavy atom. The van der Waals surface area contributed by atoms with E-state index >= 15 is 0 Å². The molecule has 182 valence electrons. The number of aromatic nitrogens is 7. The van der Waals surface area contributed by atoms with Gasteiger partial charge in [0.05, 0.1) is 24.8 Å². The highest BCUT2D eigenvalue weighted by Crippen LogP contribution is 2.16. The van der Waals surface area contributed by atoms with Crippen LogP contribution in [0.3, 0.4) is 0 Å². The van der Waals surface area contributed by atoms with E-state index in [-0.39, 0.29) is 5.82 Å². The molecule has 0 saturated heterocycles. The van der Waals surface area contributed by atoms with Gasteiger partial charge in [0.1, 0.15) is 24.3 Å². The number of hydrogen-bond acceptors (Lipinski definition) is 7. The lowest BCUT2D eigenvalue weighted by molar-refractivity contribution is -0.109. The van der Waals surface area contributed by atoms with Crippen molar-refractivity contribution in [3.8, 4) is 0 Å². The first kappa shape index (κ1) is 23.9. The summed E-state index contributed by atoms with van der Waals surface area (Å²) in [5.74, 6) is 1.36. The van der Waals surface area contributed by atoms with Crippen LogP contribution in [0.4, 0.5) is 5.82 Å². The van der Waals surface area contributed by atoms with Crippen LogP contribution in [-0.2, 0) is 24.4 Å². The zero-order valence-corrected chi connectivity index (χ0v) is 20.1. The van der Waals surface area contributed by atoms with Gasteiger partial charge in [-0.2, -0.15) is 5.10 Å². The number of amides is 1. The van der Waals surface area contributed by atoms with Gasteiger partial charge in [0.15, 0.2) is 0 Å². The zero-order valence-electron chi connectivity index (χ0n) is 20.1. The minimum atomic E-state index is -0.692. The Morgan fingerprint density at radius 1 is 1.14 bits per heavy atom. The standard InChI is InChI=1S/C24H29N9O2/c1-18-25-10-12-31(18)15-21-13-22(30(2)3)33(28-21)11-9-20(16-34)27-24(35)23-26-17-32(29-23)14-19-7-5-4-6-8-19/h4-8,10,12-13,16-17,20H,9,11,14-15H2,1-3H3,(H,27,35). The number of nitrogens with one attached hydrogen (secondary N) is 1. The van der Waals surface area contributed by atoms with E-state index in [4.69, 9.17) is 5.10 Å². The molecule has 0 aliphatic heterocycles. The van der Waals surface area contributed by atoms with E-state index in [1.165, 1.54) is 6.33 Å². The summed E-state index contributed by atoms with van der Waals surface area (Å²) in [6, 6.07) is 11.1. The van der Waals surface area contributed by atoms with E-state index in [1.807, 2.05) is 77.8 Å². The lowest BCUT2D eigenvalue weighted by Gasteiger charge is -2.16. The number of hydrogen-bond donors (Lipinski definition) is 1. The van der Waals surface area contributed by atoms with E-state index < -0.39 is 11.9 Å². The first-order valence-corrected chi connectivity index (χ1v) is 11.3. The van der Waals surface area contributed by atoms with Gasteiger partial charge in [-0.15, -0.1) is 5.10 Å². The maximum absolute atomic E-state index is 12.6. The fourth-order valence-corrected chi connectivity index (χ4v) is 3.72. The molecule has 4 rings (SSSR count). The van der Waals surface area contributed by atoms with Crippen LogP contribution in [0.15, 0.2) is 55.1 Å². The average Bonchev–Trinajstić information content (AvgIpc) is 3.58. The first-order chi connectivity index (χ1) is 16.9. The van der Waals surface area contributed by atoms with Gasteiger partial charge < -0.3 is 19.6 Å². The summed E-state index contributed by atoms with van der Waals surface area (Å²) in [5.41, 5.74) is 1.93. The van der Waals surface area contributed by atoms with Gasteiger partial charge in [-0.3, -0.25) is 4.79 Å². The third-order valence-electron chi connectivity index (χ3n) is 5.58. The number of carbonyl (C=O) groups is 2. The van der Waals surface area contributed by atoms with Crippen molar-refractivity contribution in [2.45, 2.75) is 39.0 Å². The Kier molecular flexibility index (Phi) is 7.34. The minimum absolute atomic E-state index is 0.0267. The van der Waals surface area contributed by atoms with Crippen LogP contribution in [0, 0.1) is 6.92 Å². The van der Waals surface area contributed by atoms with Gasteiger partial charge in [-0.05, 0) is 18.9 Å². The molecule has 3 heterocycles. The second-order valence-corrected chi connectivity index (χ2v) is 8.47. The Bertz CT molecular complexity index is 1270. The number of aryl methyl sites for hydroxylation is 2. The molecule has 0 aliphatic rings. The van der Waals surface area contributed by atoms with Crippen LogP contribution in [0.1, 0.15) is 34.1 Å². The summed E-state index contributed by atoms with van der Waals surface area (Å²) < 4.78 is 5.46. The van der Waals surface area contributed by atoms with Crippen LogP contribution >= 0.6 is 0 Å². The lowest BCUT2D eigenvalue weighted by atomic mass is 10.2. The Morgan fingerprint density at radius 3 is 2.63 bits per heavy atom. The Hall–Kier alpha value is -4.28. The predicted molar refractivity (Wildman–Crippen MR) is 130 cm³/mol. The van der Waals surface area contributed by atoms with Crippen molar-refractivity contribution in [2.24, 2.45) is 0 Å². The molecule has 0 bridgehead atoms. The number of imidazole rings is 1. The van der Waals surface area contributed by atoms with Gasteiger partial charge in [0.2, 0.25) is 5.82 Å². The summed E-state index contributed by atoms with van der Waals surface area (Å²) in [5, 5.41) is 11.7. The Labute approximate surface area is 203 Å². The molecule has 3 aromatic heterocycles. The molecule has 1 amide bonds. The maximum atomic E-state index is 12.6. The van der Waals surface area contributed by atoms with Crippen molar-refractivity contribution < 1.29 is 9.59 Å². The van der Waals surface area contributed by atoms with Crippen LogP contribution in [0.2, 0.25) is 0 Å². The van der Waals surface area contributed by atoms with Crippen LogP contribution < -0.4 is 10.2 Å². The van der Waals surface area contributed by atoms with E-state index in [0.29, 0.717) is 26.1 Å². The summed E-state index contributed by atoms with van der Waals surface area (Å²) in [6.45, 7) is 3.51. The largest absolute Gasteiger partial charge is 0.363 e. The number of rotatable bonds is 11. The smallest absolute Gasteiger partial charge is 0.291 e. The van der Waals surface area contributed by atoms with Crippen molar-refractivity contribution in [1.29, 1.82) is 0 Å². The van der Waals surface area contributed by atoms with Gasteiger partial charge in [0.25, 0.3) is 5.91 Å². The number of carbonyl (C=O) groups excluding carboxylic acids is 2. The van der Waals surface area contributed by atoms with Crippen molar-refractivity contribution in [3.63, 3.8) is 0 Å². The monoisotopic (exact) mass is 475 g/mol. The molecule has 0 fully saturated rings. The van der Waals surface area contributed by atoms with Gasteiger partial charge >= 0.3 is 0 Å². The van der Waals surface area contributed by atoms with Gasteiger partial charge in [-0.25, -0.2) is 19.3 Å². The highest BCUT2D eigenvalue weighted by molar-refractivity contribution is 5.92. The van der Waals surface area contributed by atoms with Crippen LogP contribution in [-0.4, -0.2) is 66.4 Å². The molecule has 1 N–H and O–H groups in total. The quantitative estimate of drug-likeness (QED) is 0.327. The summed E-state index contributed by atoms with van der Waals surface area (Å²) in [4.78, 5) is 34.6. The van der Waals surface area contributed by atoms with Crippen molar-refractivity contribution in [2.75, 3.05) is 19.0 Å². The van der Waals surface area contributed by atoms with Crippen LogP contribution in [0.25, 0.3) is 0 Å². The number of anilines is 1. The fourth-order valence-electron chi connectivity index (χ4n) is 3.72. The molecule has 0 saturated carbocycles. The van der Waals surface area contributed by atoms with E-state index in [0.717, 1.165) is 29.2 Å². The molecule has 11 nitrogen and oxygen atoms in total. The summed E-state index contributed by atoms with van der Waals surface area (Å²) >= 11 is 0. The zero-order chi connectivity index (χ0) is 24.8. The molecule has 0 spiro atoms. The molecule has 1 unspecified atom stereocenters. The average molecular weight is 476 g/mol. The molecule has 0 aliphatic carbocycles. The second kappa shape index (κ2) is 10.8. The molecule has 11 heteroatoms. The number of nitrogens with zero attached hydrogens (tertiary/aromatic N) is 8. The highest BCUT2D eigenvalue weighted by atomic mass is 16.2. The van der Waals surface area contributed by atoms with Crippen LogP contribution in [0.5, 0.6) is 0 Å². The normalized spacial score (nSPS) is 11.9. The topological polar surface area (TPSA) is 116 Å². The molecular weight excluding hydrogens is 446 g/mol. The number of aldehydes is 1. The van der Waals surface area contributed by atoms with Crippen molar-refractivity contribution in [3.05, 3.63) is 78.0 Å². The van der Waals surface area contributed by atoms with E-state index in [9.17, 15) is 9.59 Å². The molecule has 1 aromatic carbocycles. The molecule has 35 heavy (non-hydrogen) atoms. The molecule has 1 atom stereocenters. The summed E-state index contributed by atoms with van der Waals surface area (Å²) in [7, 11) is 3.88. The van der Waals surface area contributed by atoms with Crippen molar-refractivity contribution in [1.82, 2.24) is 39.4 Å². The second-order valence-electron chi connectivity index (χ2n) is 8.47. The van der Waals surface area contributed by atoms with E-state index in [2.05, 4.69) is 20.4 Å². The first-order valence-electron chi connectivity index (χ1n) is 11.3.